The molecule has 2 N–H and O–H groups in total. The number of ketones is 1. The molecule has 4 aromatic rings. The molecule has 4 rings (SSSR count). The van der Waals surface area contributed by atoms with Gasteiger partial charge >= 0.3 is 0 Å². The molecule has 0 aliphatic carbocycles. The fraction of sp³-hybridized carbons (Fsp3) is 0.222. The smallest absolute Gasteiger partial charge is 0.206 e. The van der Waals surface area contributed by atoms with E-state index in [4.69, 9.17) is 4.74 Å². The van der Waals surface area contributed by atoms with Crippen LogP contribution in [0.5, 0.6) is 17.2 Å². The highest BCUT2D eigenvalue weighted by atomic mass is 32.1. The Hall–Kier alpha value is -3.15. The molecule has 32 heavy (non-hydrogen) atoms. The highest BCUT2D eigenvalue weighted by molar-refractivity contribution is 7.21. The summed E-state index contributed by atoms with van der Waals surface area (Å²) in [6, 6.07) is 20.7. The van der Waals surface area contributed by atoms with Crippen LogP contribution in [0.1, 0.15) is 39.7 Å². The van der Waals surface area contributed by atoms with Gasteiger partial charge in [0.2, 0.25) is 5.78 Å². The maximum Gasteiger partial charge on any atom is 0.206 e. The van der Waals surface area contributed by atoms with Crippen LogP contribution in [0.3, 0.4) is 0 Å². The van der Waals surface area contributed by atoms with Crippen molar-refractivity contribution in [3.63, 3.8) is 0 Å². The van der Waals surface area contributed by atoms with Gasteiger partial charge in [-0.2, -0.15) is 0 Å². The molecular weight excluding hydrogens is 418 g/mol. The molecule has 0 saturated heterocycles. The summed E-state index contributed by atoms with van der Waals surface area (Å²) in [5, 5.41) is 14.1. The predicted octanol–water partition coefficient (Wildman–Crippen LogP) is 6.48. The van der Waals surface area contributed by atoms with E-state index in [2.05, 4.69) is 24.4 Å². The van der Waals surface area contributed by atoms with Crippen LogP contribution in [0.25, 0.3) is 10.1 Å². The van der Waals surface area contributed by atoms with Gasteiger partial charge in [0.1, 0.15) is 16.4 Å². The molecular formula is C27H27NO3S. The molecule has 3 aromatic carbocycles. The molecule has 0 fully saturated rings. The first-order chi connectivity index (χ1) is 15.5. The lowest BCUT2D eigenvalue weighted by molar-refractivity contribution is 0.104. The van der Waals surface area contributed by atoms with Crippen molar-refractivity contribution in [3.8, 4) is 17.2 Å². The second-order valence-electron chi connectivity index (χ2n) is 7.84. The van der Waals surface area contributed by atoms with Gasteiger partial charge in [-0.05, 0) is 68.8 Å². The minimum absolute atomic E-state index is 0.0827. The van der Waals surface area contributed by atoms with Crippen molar-refractivity contribution in [3.05, 3.63) is 88.3 Å². The first-order valence-electron chi connectivity index (χ1n) is 10.9. The van der Waals surface area contributed by atoms with E-state index >= 15 is 0 Å². The van der Waals surface area contributed by atoms with Crippen molar-refractivity contribution in [2.45, 2.75) is 26.7 Å². The number of phenolic OH excluding ortho intramolecular Hbond substituents is 1. The van der Waals surface area contributed by atoms with E-state index in [0.29, 0.717) is 21.9 Å². The van der Waals surface area contributed by atoms with E-state index in [1.165, 1.54) is 16.9 Å². The maximum absolute atomic E-state index is 13.3. The lowest BCUT2D eigenvalue weighted by Gasteiger charge is -2.09. The molecule has 0 saturated carbocycles. The first kappa shape index (κ1) is 22.1. The van der Waals surface area contributed by atoms with Crippen molar-refractivity contribution in [2.75, 3.05) is 13.1 Å². The predicted molar refractivity (Wildman–Crippen MR) is 131 cm³/mol. The van der Waals surface area contributed by atoms with Gasteiger partial charge in [-0.15, -0.1) is 11.3 Å². The van der Waals surface area contributed by atoms with E-state index in [-0.39, 0.29) is 11.5 Å². The number of fused-ring (bicyclic) bond motifs is 1. The number of aromatic hydroxyl groups is 1. The summed E-state index contributed by atoms with van der Waals surface area (Å²) in [5.74, 6) is 1.31. The monoisotopic (exact) mass is 445 g/mol. The molecule has 4 nitrogen and oxygen atoms in total. The Balaban J connectivity index is 1.63. The van der Waals surface area contributed by atoms with Gasteiger partial charge in [0.15, 0.2) is 5.75 Å². The summed E-state index contributed by atoms with van der Waals surface area (Å²) in [5.41, 5.74) is 2.98. The SMILES string of the molecule is CCNCCCc1ccc(Oc2c(C(=O)c3ccc(C)cc3)sc3cc(O)ccc23)cc1. The van der Waals surface area contributed by atoms with Crippen LogP contribution in [-0.2, 0) is 6.42 Å². The highest BCUT2D eigenvalue weighted by Crippen LogP contribution is 2.42. The summed E-state index contributed by atoms with van der Waals surface area (Å²) in [6.07, 6.45) is 2.09. The van der Waals surface area contributed by atoms with E-state index in [1.54, 1.807) is 18.2 Å². The van der Waals surface area contributed by atoms with Gasteiger partial charge in [0.25, 0.3) is 0 Å². The normalized spacial score (nSPS) is 11.1. The van der Waals surface area contributed by atoms with Crippen LogP contribution in [-0.4, -0.2) is 24.0 Å². The Morgan fingerprint density at radius 1 is 1.03 bits per heavy atom. The average Bonchev–Trinajstić information content (AvgIpc) is 3.15. The van der Waals surface area contributed by atoms with Gasteiger partial charge in [-0.25, -0.2) is 0 Å². The van der Waals surface area contributed by atoms with Crippen LogP contribution >= 0.6 is 11.3 Å². The number of aryl methyl sites for hydroxylation is 2. The molecule has 0 atom stereocenters. The zero-order valence-corrected chi connectivity index (χ0v) is 19.2. The number of carbonyl (C=O) groups excluding carboxylic acids is 1. The molecule has 0 amide bonds. The Morgan fingerprint density at radius 2 is 1.78 bits per heavy atom. The second-order valence-corrected chi connectivity index (χ2v) is 8.89. The van der Waals surface area contributed by atoms with Crippen LogP contribution in [0.4, 0.5) is 0 Å². The number of nitrogens with one attached hydrogen (secondary N) is 1. The molecule has 5 heteroatoms. The summed E-state index contributed by atoms with van der Waals surface area (Å²) < 4.78 is 7.08. The van der Waals surface area contributed by atoms with Crippen LogP contribution in [0.2, 0.25) is 0 Å². The Labute approximate surface area is 192 Å². The minimum Gasteiger partial charge on any atom is -0.508 e. The van der Waals surface area contributed by atoms with Gasteiger partial charge in [-0.3, -0.25) is 4.79 Å². The van der Waals surface area contributed by atoms with Crippen molar-refractivity contribution < 1.29 is 14.6 Å². The van der Waals surface area contributed by atoms with E-state index in [1.807, 2.05) is 43.3 Å². The number of ether oxygens (including phenoxy) is 1. The van der Waals surface area contributed by atoms with Crippen molar-refractivity contribution in [1.82, 2.24) is 5.32 Å². The van der Waals surface area contributed by atoms with E-state index in [9.17, 15) is 9.90 Å². The number of hydrogen-bond donors (Lipinski definition) is 2. The zero-order chi connectivity index (χ0) is 22.5. The number of hydrogen-bond acceptors (Lipinski definition) is 5. The highest BCUT2D eigenvalue weighted by Gasteiger charge is 2.22. The molecule has 0 aliphatic rings. The topological polar surface area (TPSA) is 58.6 Å². The third kappa shape index (κ3) is 5.01. The molecule has 0 unspecified atom stereocenters. The Morgan fingerprint density at radius 3 is 2.50 bits per heavy atom. The fourth-order valence-electron chi connectivity index (χ4n) is 3.58. The van der Waals surface area contributed by atoms with Crippen molar-refractivity contribution in [2.24, 2.45) is 0 Å². The first-order valence-corrected chi connectivity index (χ1v) is 11.7. The van der Waals surface area contributed by atoms with Crippen molar-refractivity contribution in [1.29, 1.82) is 0 Å². The van der Waals surface area contributed by atoms with Crippen LogP contribution in [0.15, 0.2) is 66.7 Å². The molecule has 0 bridgehead atoms. The Bertz CT molecular complexity index is 1210. The molecule has 164 valence electrons. The zero-order valence-electron chi connectivity index (χ0n) is 18.4. The summed E-state index contributed by atoms with van der Waals surface area (Å²) in [4.78, 5) is 13.8. The molecule has 1 heterocycles. The lowest BCUT2D eigenvalue weighted by Crippen LogP contribution is -2.14. The summed E-state index contributed by atoms with van der Waals surface area (Å²) in [6.45, 7) is 6.10. The van der Waals surface area contributed by atoms with E-state index < -0.39 is 0 Å². The van der Waals surface area contributed by atoms with Gasteiger partial charge < -0.3 is 15.2 Å². The largest absolute Gasteiger partial charge is 0.508 e. The van der Waals surface area contributed by atoms with Crippen LogP contribution < -0.4 is 10.1 Å². The molecule has 0 radical (unpaired) electrons. The van der Waals surface area contributed by atoms with Crippen LogP contribution in [0, 0.1) is 6.92 Å². The number of phenols is 1. The third-order valence-electron chi connectivity index (χ3n) is 5.36. The standard InChI is InChI=1S/C27H27NO3S/c1-3-28-16-4-5-19-8-13-22(14-9-19)31-26-23-15-12-21(29)17-24(23)32-27(26)25(30)20-10-6-18(2)7-11-20/h6-15,17,28-29H,3-5,16H2,1-2H3. The van der Waals surface area contributed by atoms with Gasteiger partial charge in [0.05, 0.1) is 0 Å². The fourth-order valence-corrected chi connectivity index (χ4v) is 4.71. The molecule has 1 aromatic heterocycles. The number of benzene rings is 3. The van der Waals surface area contributed by atoms with Crippen molar-refractivity contribution >= 4 is 27.2 Å². The summed E-state index contributed by atoms with van der Waals surface area (Å²) >= 11 is 1.34. The number of rotatable bonds is 9. The third-order valence-corrected chi connectivity index (χ3v) is 6.49. The maximum atomic E-state index is 13.3. The second kappa shape index (κ2) is 9.98. The van der Waals surface area contributed by atoms with Gasteiger partial charge in [0, 0.05) is 15.6 Å². The summed E-state index contributed by atoms with van der Waals surface area (Å²) in [7, 11) is 0. The Kier molecular flexibility index (Phi) is 6.88. The molecule has 0 aliphatic heterocycles. The minimum atomic E-state index is -0.0827. The number of thiophene rings is 1. The number of carbonyl (C=O) groups is 1. The van der Waals surface area contributed by atoms with E-state index in [0.717, 1.165) is 41.6 Å². The average molecular weight is 446 g/mol. The van der Waals surface area contributed by atoms with Gasteiger partial charge in [-0.1, -0.05) is 48.9 Å². The lowest BCUT2D eigenvalue weighted by atomic mass is 10.1. The quantitative estimate of drug-likeness (QED) is 0.229. The molecule has 0 spiro atoms.